The van der Waals surface area contributed by atoms with Gasteiger partial charge in [0.25, 0.3) is 5.91 Å². The smallest absolute Gasteiger partial charge is 0.410 e. The van der Waals surface area contributed by atoms with E-state index in [0.29, 0.717) is 39.3 Å². The summed E-state index contributed by atoms with van der Waals surface area (Å²) >= 11 is 0. The van der Waals surface area contributed by atoms with Crippen LogP contribution in [0.15, 0.2) is 18.2 Å². The lowest BCUT2D eigenvalue weighted by molar-refractivity contribution is -0.896. The van der Waals surface area contributed by atoms with Crippen molar-refractivity contribution in [3.8, 4) is 0 Å². The second kappa shape index (κ2) is 10.1. The van der Waals surface area contributed by atoms with Gasteiger partial charge in [0, 0.05) is 12.7 Å². The number of benzene rings is 1. The highest BCUT2D eigenvalue weighted by Crippen LogP contribution is 2.16. The lowest BCUT2D eigenvalue weighted by atomic mass is 10.1. The summed E-state index contributed by atoms with van der Waals surface area (Å²) in [4.78, 5) is 40.7. The van der Waals surface area contributed by atoms with Crippen LogP contribution in [-0.2, 0) is 14.3 Å². The Bertz CT molecular complexity index is 714. The Hall–Kier alpha value is -2.61. The van der Waals surface area contributed by atoms with E-state index in [1.807, 2.05) is 32.0 Å². The molecule has 28 heavy (non-hydrogen) atoms. The minimum Gasteiger partial charge on any atom is -0.450 e. The number of ether oxygens (including phenoxy) is 1. The molecule has 2 N–H and O–H groups in total. The van der Waals surface area contributed by atoms with Crippen LogP contribution in [0, 0.1) is 13.8 Å². The fraction of sp³-hybridized carbons (Fsp3) is 0.550. The van der Waals surface area contributed by atoms with Crippen molar-refractivity contribution in [1.82, 2.24) is 9.80 Å². The van der Waals surface area contributed by atoms with Crippen molar-refractivity contribution in [2.45, 2.75) is 20.8 Å². The lowest BCUT2D eigenvalue weighted by Crippen LogP contribution is -3.15. The molecule has 0 bridgehead atoms. The van der Waals surface area contributed by atoms with E-state index in [0.717, 1.165) is 21.7 Å². The number of anilines is 1. The highest BCUT2D eigenvalue weighted by Gasteiger charge is 2.27. The molecule has 3 amide bonds. The van der Waals surface area contributed by atoms with Gasteiger partial charge in [-0.3, -0.25) is 14.5 Å². The highest BCUT2D eigenvalue weighted by molar-refractivity contribution is 5.95. The first-order valence-electron chi connectivity index (χ1n) is 9.66. The Morgan fingerprint density at radius 3 is 2.54 bits per heavy atom. The van der Waals surface area contributed by atoms with Gasteiger partial charge >= 0.3 is 6.09 Å². The molecule has 154 valence electrons. The number of amides is 3. The summed E-state index contributed by atoms with van der Waals surface area (Å²) < 4.78 is 5.00. The number of hydrogen-bond acceptors (Lipinski definition) is 4. The number of likely N-dealkylation sites (N-methyl/N-ethyl adjacent to an activating group) is 1. The van der Waals surface area contributed by atoms with Gasteiger partial charge < -0.3 is 19.9 Å². The Labute approximate surface area is 166 Å². The Kier molecular flexibility index (Phi) is 7.80. The first-order valence-corrected chi connectivity index (χ1v) is 9.66. The maximum absolute atomic E-state index is 12.5. The summed E-state index contributed by atoms with van der Waals surface area (Å²) in [6, 6.07) is 5.87. The van der Waals surface area contributed by atoms with Gasteiger partial charge in [0.15, 0.2) is 6.54 Å². The second-order valence-corrected chi connectivity index (χ2v) is 7.23. The van der Waals surface area contributed by atoms with Gasteiger partial charge in [0.2, 0.25) is 5.91 Å². The molecule has 0 radical (unpaired) electrons. The number of carbonyl (C=O) groups is 3. The maximum Gasteiger partial charge on any atom is 0.410 e. The lowest BCUT2D eigenvalue weighted by Gasteiger charge is -2.31. The van der Waals surface area contributed by atoms with Gasteiger partial charge in [-0.05, 0) is 38.0 Å². The molecule has 0 saturated carbocycles. The quantitative estimate of drug-likeness (QED) is 0.718. The second-order valence-electron chi connectivity index (χ2n) is 7.23. The minimum absolute atomic E-state index is 0.00838. The van der Waals surface area contributed by atoms with Gasteiger partial charge in [-0.15, -0.1) is 0 Å². The van der Waals surface area contributed by atoms with Crippen LogP contribution >= 0.6 is 0 Å². The number of nitrogens with zero attached hydrogens (tertiary/aromatic N) is 2. The van der Waals surface area contributed by atoms with Crippen LogP contribution in [0.5, 0.6) is 0 Å². The maximum atomic E-state index is 12.5. The summed E-state index contributed by atoms with van der Waals surface area (Å²) in [7, 11) is 1.64. The molecule has 0 atom stereocenters. The summed E-state index contributed by atoms with van der Waals surface area (Å²) in [6.45, 7) is 8.87. The number of rotatable bonds is 6. The van der Waals surface area contributed by atoms with E-state index in [2.05, 4.69) is 5.32 Å². The third-order valence-electron chi connectivity index (χ3n) is 4.87. The normalized spacial score (nSPS) is 14.5. The van der Waals surface area contributed by atoms with Crippen molar-refractivity contribution < 1.29 is 24.0 Å². The van der Waals surface area contributed by atoms with Crippen LogP contribution in [-0.4, -0.2) is 80.6 Å². The molecule has 0 aliphatic carbocycles. The number of carbonyl (C=O) groups excluding carboxylic acids is 3. The minimum atomic E-state index is -0.298. The van der Waals surface area contributed by atoms with Crippen molar-refractivity contribution >= 4 is 23.6 Å². The average Bonchev–Trinajstić information content (AvgIpc) is 2.65. The Morgan fingerprint density at radius 2 is 1.89 bits per heavy atom. The molecule has 8 nitrogen and oxygen atoms in total. The number of hydrogen-bond donors (Lipinski definition) is 2. The molecule has 1 heterocycles. The molecule has 1 fully saturated rings. The molecular formula is C20H31N4O4+. The molecule has 1 aliphatic rings. The predicted molar refractivity (Wildman–Crippen MR) is 106 cm³/mol. The Balaban J connectivity index is 1.77. The molecule has 1 aliphatic heterocycles. The molecule has 2 rings (SSSR count). The molecule has 8 heteroatoms. The first kappa shape index (κ1) is 21.7. The van der Waals surface area contributed by atoms with E-state index in [4.69, 9.17) is 4.74 Å². The molecule has 1 aromatic rings. The standard InChI is InChI=1S/C20H30N4O4/c1-5-28-20(27)24-10-8-23(9-11-24)14-19(26)22(4)13-18(25)21-17-12-15(2)6-7-16(17)3/h6-7,12H,5,8-11,13-14H2,1-4H3,(H,21,25)/p+1. The zero-order valence-electron chi connectivity index (χ0n) is 17.2. The van der Waals surface area contributed by atoms with Crippen molar-refractivity contribution in [2.75, 3.05) is 58.2 Å². The Morgan fingerprint density at radius 1 is 1.21 bits per heavy atom. The van der Waals surface area contributed by atoms with Crippen molar-refractivity contribution in [1.29, 1.82) is 0 Å². The molecule has 0 spiro atoms. The van der Waals surface area contributed by atoms with E-state index in [-0.39, 0.29) is 24.5 Å². The van der Waals surface area contributed by atoms with Gasteiger partial charge in [-0.1, -0.05) is 12.1 Å². The zero-order valence-corrected chi connectivity index (χ0v) is 17.2. The van der Waals surface area contributed by atoms with Gasteiger partial charge in [0.05, 0.1) is 39.3 Å². The molecule has 0 aromatic heterocycles. The van der Waals surface area contributed by atoms with Crippen molar-refractivity contribution in [3.05, 3.63) is 29.3 Å². The van der Waals surface area contributed by atoms with E-state index >= 15 is 0 Å². The first-order chi connectivity index (χ1) is 13.3. The molecular weight excluding hydrogens is 360 g/mol. The summed E-state index contributed by atoms with van der Waals surface area (Å²) in [5, 5.41) is 2.87. The third-order valence-corrected chi connectivity index (χ3v) is 4.87. The van der Waals surface area contributed by atoms with Crippen molar-refractivity contribution in [2.24, 2.45) is 0 Å². The van der Waals surface area contributed by atoms with E-state index in [1.165, 1.54) is 4.90 Å². The molecule has 0 unspecified atom stereocenters. The number of piperazine rings is 1. The fourth-order valence-electron chi connectivity index (χ4n) is 3.11. The highest BCUT2D eigenvalue weighted by atomic mass is 16.6. The number of nitrogens with one attached hydrogen (secondary N) is 2. The van der Waals surface area contributed by atoms with Crippen LogP contribution in [0.1, 0.15) is 18.1 Å². The molecule has 1 saturated heterocycles. The van der Waals surface area contributed by atoms with Crippen LogP contribution in [0.2, 0.25) is 0 Å². The average molecular weight is 391 g/mol. The van der Waals surface area contributed by atoms with Crippen LogP contribution < -0.4 is 10.2 Å². The predicted octanol–water partition coefficient (Wildman–Crippen LogP) is 0.0573. The third kappa shape index (κ3) is 6.23. The topological polar surface area (TPSA) is 83.4 Å². The molecule has 1 aromatic carbocycles. The zero-order chi connectivity index (χ0) is 20.7. The summed E-state index contributed by atoms with van der Waals surface area (Å²) in [6.07, 6.45) is -0.298. The largest absolute Gasteiger partial charge is 0.450 e. The van der Waals surface area contributed by atoms with Crippen LogP contribution in [0.3, 0.4) is 0 Å². The van der Waals surface area contributed by atoms with Gasteiger partial charge in [-0.2, -0.15) is 0 Å². The van der Waals surface area contributed by atoms with E-state index < -0.39 is 0 Å². The summed E-state index contributed by atoms with van der Waals surface area (Å²) in [5.74, 6) is -0.303. The fourth-order valence-corrected chi connectivity index (χ4v) is 3.11. The van der Waals surface area contributed by atoms with E-state index in [1.54, 1.807) is 18.9 Å². The van der Waals surface area contributed by atoms with Crippen molar-refractivity contribution in [3.63, 3.8) is 0 Å². The van der Waals surface area contributed by atoms with Crippen LogP contribution in [0.4, 0.5) is 10.5 Å². The van der Waals surface area contributed by atoms with Gasteiger partial charge in [-0.25, -0.2) is 4.79 Å². The SMILES string of the molecule is CCOC(=O)N1CC[NH+](CC(=O)N(C)CC(=O)Nc2cc(C)ccc2C)CC1. The monoisotopic (exact) mass is 391 g/mol. The van der Waals surface area contributed by atoms with Crippen LogP contribution in [0.25, 0.3) is 0 Å². The van der Waals surface area contributed by atoms with E-state index in [9.17, 15) is 14.4 Å². The number of quaternary nitrogens is 1. The number of aryl methyl sites for hydroxylation is 2. The summed E-state index contributed by atoms with van der Waals surface area (Å²) in [5.41, 5.74) is 2.82. The van der Waals surface area contributed by atoms with Gasteiger partial charge in [0.1, 0.15) is 0 Å².